The molecule has 0 spiro atoms. The van der Waals surface area contributed by atoms with Gasteiger partial charge in [-0.1, -0.05) is 20.3 Å². The van der Waals surface area contributed by atoms with Gasteiger partial charge in [0.15, 0.2) is 0 Å². The first-order valence-corrected chi connectivity index (χ1v) is 5.89. The molecule has 0 aliphatic rings. The molecule has 0 rings (SSSR count). The molecule has 2 amide bonds. The van der Waals surface area contributed by atoms with Crippen molar-refractivity contribution in [2.45, 2.75) is 38.9 Å². The van der Waals surface area contributed by atoms with E-state index >= 15 is 0 Å². The highest BCUT2D eigenvalue weighted by Gasteiger charge is 2.30. The Kier molecular flexibility index (Phi) is 6.64. The summed E-state index contributed by atoms with van der Waals surface area (Å²) in [4.78, 5) is 23.4. The maximum atomic E-state index is 12.0. The number of nitrogens with one attached hydrogen (secondary N) is 1. The Morgan fingerprint density at radius 1 is 1.37 bits per heavy atom. The summed E-state index contributed by atoms with van der Waals surface area (Å²) >= 11 is 0. The number of carboxylic acid groups (broad SMARTS) is 1. The van der Waals surface area contributed by atoms with Crippen LogP contribution in [0, 0.1) is 5.92 Å². The van der Waals surface area contributed by atoms with Crippen LogP contribution in [0.25, 0.3) is 0 Å². The van der Waals surface area contributed by atoms with Gasteiger partial charge in [-0.25, -0.2) is 9.59 Å². The van der Waals surface area contributed by atoms with Crippen LogP contribution in [0.2, 0.25) is 0 Å². The number of rotatable bonds is 6. The maximum absolute atomic E-state index is 12.0. The number of carbonyl (C=O) groups is 2. The van der Waals surface area contributed by atoms with Crippen LogP contribution in [0.1, 0.15) is 26.7 Å². The van der Waals surface area contributed by atoms with Crippen molar-refractivity contribution >= 4 is 12.0 Å². The molecule has 0 aromatic heterocycles. The van der Waals surface area contributed by atoms with Crippen LogP contribution >= 0.6 is 0 Å². The van der Waals surface area contributed by atoms with Crippen molar-refractivity contribution in [1.82, 2.24) is 10.2 Å². The van der Waals surface area contributed by atoms with Gasteiger partial charge in [-0.2, -0.15) is 13.2 Å². The zero-order valence-electron chi connectivity index (χ0n) is 11.1. The van der Waals surface area contributed by atoms with Gasteiger partial charge >= 0.3 is 18.2 Å². The van der Waals surface area contributed by atoms with Crippen LogP contribution in [0.15, 0.2) is 0 Å². The second kappa shape index (κ2) is 7.20. The van der Waals surface area contributed by atoms with Crippen molar-refractivity contribution in [2.75, 3.05) is 13.6 Å². The van der Waals surface area contributed by atoms with Crippen molar-refractivity contribution in [3.63, 3.8) is 0 Å². The Morgan fingerprint density at radius 3 is 2.26 bits per heavy atom. The number of aliphatic carboxylic acids is 1. The number of carboxylic acids is 1. The molecule has 0 bridgehead atoms. The van der Waals surface area contributed by atoms with Gasteiger partial charge in [-0.15, -0.1) is 0 Å². The van der Waals surface area contributed by atoms with Crippen molar-refractivity contribution in [3.05, 3.63) is 0 Å². The third kappa shape index (κ3) is 6.88. The molecule has 0 radical (unpaired) electrons. The molecular weight excluding hydrogens is 265 g/mol. The maximum Gasteiger partial charge on any atom is 0.390 e. The van der Waals surface area contributed by atoms with Crippen molar-refractivity contribution in [2.24, 2.45) is 5.92 Å². The van der Waals surface area contributed by atoms with Crippen LogP contribution in [0.5, 0.6) is 0 Å². The number of amides is 2. The Morgan fingerprint density at radius 2 is 1.89 bits per heavy atom. The SMILES string of the molecule is CC[C@H](C)[C@H](NC(=O)N(C)CCC(F)(F)F)C(=O)O. The molecule has 0 fully saturated rings. The van der Waals surface area contributed by atoms with E-state index in [1.165, 1.54) is 7.05 Å². The summed E-state index contributed by atoms with van der Waals surface area (Å²) in [5.74, 6) is -1.51. The third-order valence-corrected chi connectivity index (χ3v) is 2.84. The molecule has 0 unspecified atom stereocenters. The fraction of sp³-hybridized carbons (Fsp3) is 0.818. The Balaban J connectivity index is 4.44. The first-order valence-electron chi connectivity index (χ1n) is 5.89. The van der Waals surface area contributed by atoms with Gasteiger partial charge in [0.05, 0.1) is 6.42 Å². The molecule has 0 saturated heterocycles. The number of alkyl halides is 3. The van der Waals surface area contributed by atoms with Gasteiger partial charge in [0.1, 0.15) is 6.04 Å². The first kappa shape index (κ1) is 17.5. The number of hydrogen-bond acceptors (Lipinski definition) is 2. The first-order chi connectivity index (χ1) is 8.58. The van der Waals surface area contributed by atoms with Crippen LogP contribution in [-0.4, -0.2) is 47.8 Å². The minimum Gasteiger partial charge on any atom is -0.480 e. The van der Waals surface area contributed by atoms with Crippen molar-refractivity contribution in [1.29, 1.82) is 0 Å². The molecule has 19 heavy (non-hydrogen) atoms. The average Bonchev–Trinajstić information content (AvgIpc) is 2.30. The summed E-state index contributed by atoms with van der Waals surface area (Å²) in [5, 5.41) is 11.2. The lowest BCUT2D eigenvalue weighted by molar-refractivity contribution is -0.141. The zero-order valence-corrected chi connectivity index (χ0v) is 11.1. The minimum atomic E-state index is -4.35. The number of carbonyl (C=O) groups excluding carboxylic acids is 1. The molecule has 0 saturated carbocycles. The van der Waals surface area contributed by atoms with E-state index in [1.54, 1.807) is 13.8 Å². The standard InChI is InChI=1S/C11H19F3N2O3/c1-4-7(2)8(9(17)18)15-10(19)16(3)6-5-11(12,13)14/h7-8H,4-6H2,1-3H3,(H,15,19)(H,17,18)/t7-,8-/m0/s1. The quantitative estimate of drug-likeness (QED) is 0.784. The molecule has 2 N–H and O–H groups in total. The number of hydrogen-bond donors (Lipinski definition) is 2. The number of urea groups is 1. The molecule has 0 heterocycles. The highest BCUT2D eigenvalue weighted by molar-refractivity contribution is 5.82. The molecule has 0 aromatic carbocycles. The smallest absolute Gasteiger partial charge is 0.390 e. The Labute approximate surface area is 109 Å². The molecule has 8 heteroatoms. The molecule has 112 valence electrons. The van der Waals surface area contributed by atoms with Crippen molar-refractivity contribution in [3.8, 4) is 0 Å². The van der Waals surface area contributed by atoms with Gasteiger partial charge in [0, 0.05) is 13.6 Å². The fourth-order valence-corrected chi connectivity index (χ4v) is 1.32. The van der Waals surface area contributed by atoms with Crippen LogP contribution in [-0.2, 0) is 4.79 Å². The molecular formula is C11H19F3N2O3. The Bertz CT molecular complexity index is 321. The van der Waals surface area contributed by atoms with E-state index in [9.17, 15) is 22.8 Å². The second-order valence-corrected chi connectivity index (χ2v) is 4.44. The average molecular weight is 284 g/mol. The van der Waals surface area contributed by atoms with Gasteiger partial charge in [-0.05, 0) is 5.92 Å². The second-order valence-electron chi connectivity index (χ2n) is 4.44. The monoisotopic (exact) mass is 284 g/mol. The third-order valence-electron chi connectivity index (χ3n) is 2.84. The molecule has 0 aliphatic heterocycles. The van der Waals surface area contributed by atoms with E-state index in [0.29, 0.717) is 6.42 Å². The van der Waals surface area contributed by atoms with Gasteiger partial charge in [0.2, 0.25) is 0 Å². The lowest BCUT2D eigenvalue weighted by Gasteiger charge is -2.24. The van der Waals surface area contributed by atoms with E-state index in [-0.39, 0.29) is 5.92 Å². The zero-order chi connectivity index (χ0) is 15.2. The van der Waals surface area contributed by atoms with Gasteiger partial charge < -0.3 is 15.3 Å². The van der Waals surface area contributed by atoms with Gasteiger partial charge in [-0.3, -0.25) is 0 Å². The summed E-state index contributed by atoms with van der Waals surface area (Å²) in [5.41, 5.74) is 0. The molecule has 0 aromatic rings. The van der Waals surface area contributed by atoms with Crippen LogP contribution < -0.4 is 5.32 Å². The lowest BCUT2D eigenvalue weighted by Crippen LogP contribution is -2.50. The fourth-order valence-electron chi connectivity index (χ4n) is 1.32. The predicted octanol–water partition coefficient (Wildman–Crippen LogP) is 2.08. The van der Waals surface area contributed by atoms with E-state index in [2.05, 4.69) is 5.32 Å². The number of nitrogens with zero attached hydrogens (tertiary/aromatic N) is 1. The topological polar surface area (TPSA) is 69.6 Å². The van der Waals surface area contributed by atoms with Crippen LogP contribution in [0.3, 0.4) is 0 Å². The van der Waals surface area contributed by atoms with Crippen LogP contribution in [0.4, 0.5) is 18.0 Å². The predicted molar refractivity (Wildman–Crippen MR) is 62.7 cm³/mol. The van der Waals surface area contributed by atoms with E-state index in [0.717, 1.165) is 4.90 Å². The van der Waals surface area contributed by atoms with E-state index in [1.807, 2.05) is 0 Å². The largest absolute Gasteiger partial charge is 0.480 e. The Hall–Kier alpha value is -1.47. The minimum absolute atomic E-state index is 0.308. The molecule has 5 nitrogen and oxygen atoms in total. The van der Waals surface area contributed by atoms with E-state index in [4.69, 9.17) is 5.11 Å². The molecule has 2 atom stereocenters. The summed E-state index contributed by atoms with van der Waals surface area (Å²) in [6.45, 7) is 2.90. The summed E-state index contributed by atoms with van der Waals surface area (Å²) < 4.78 is 36.0. The number of halogens is 3. The summed E-state index contributed by atoms with van der Waals surface area (Å²) in [6.07, 6.45) is -4.95. The van der Waals surface area contributed by atoms with Gasteiger partial charge in [0.25, 0.3) is 0 Å². The highest BCUT2D eigenvalue weighted by Crippen LogP contribution is 2.19. The highest BCUT2D eigenvalue weighted by atomic mass is 19.4. The molecule has 0 aliphatic carbocycles. The summed E-state index contributed by atoms with van der Waals surface area (Å²) in [6, 6.07) is -1.93. The van der Waals surface area contributed by atoms with Crippen molar-refractivity contribution < 1.29 is 27.9 Å². The van der Waals surface area contributed by atoms with E-state index < -0.39 is 37.2 Å². The lowest BCUT2D eigenvalue weighted by atomic mass is 9.99. The summed E-state index contributed by atoms with van der Waals surface area (Å²) in [7, 11) is 1.19. The normalized spacial score (nSPS) is 14.6.